The molecule has 0 spiro atoms. The van der Waals surface area contributed by atoms with E-state index in [4.69, 9.17) is 0 Å². The normalized spacial score (nSPS) is 10.5. The van der Waals surface area contributed by atoms with E-state index < -0.39 is 0 Å². The first-order valence-electron chi connectivity index (χ1n) is 5.57. The van der Waals surface area contributed by atoms with Gasteiger partial charge in [0, 0.05) is 24.5 Å². The van der Waals surface area contributed by atoms with Crippen LogP contribution in [0.4, 0.5) is 0 Å². The largest absolute Gasteiger partial charge is 1.00 e. The van der Waals surface area contributed by atoms with Gasteiger partial charge in [0.1, 0.15) is 0 Å². The van der Waals surface area contributed by atoms with E-state index >= 15 is 0 Å². The average molecular weight is 272 g/mol. The number of halogens is 1. The van der Waals surface area contributed by atoms with Crippen molar-refractivity contribution in [3.8, 4) is 0 Å². The van der Waals surface area contributed by atoms with E-state index in [1.54, 1.807) is 0 Å². The Balaban J connectivity index is 0.00000196. The predicted octanol–water partition coefficient (Wildman–Crippen LogP) is -0.167. The lowest BCUT2D eigenvalue weighted by Gasteiger charge is -2.07. The number of nitrogens with zero attached hydrogens (tertiary/aromatic N) is 1. The Morgan fingerprint density at radius 3 is 2.27 bits per heavy atom. The molecule has 86 valence electrons. The molecule has 1 heterocycles. The van der Waals surface area contributed by atoms with E-state index in [1.807, 2.05) is 0 Å². The van der Waals surface area contributed by atoms with Crippen molar-refractivity contribution in [1.82, 2.24) is 0 Å². The Morgan fingerprint density at radius 2 is 1.73 bits per heavy atom. The van der Waals surface area contributed by atoms with Gasteiger partial charge in [-0.05, 0) is 5.92 Å². The molecule has 0 saturated heterocycles. The third kappa shape index (κ3) is 5.31. The Kier molecular flexibility index (Phi) is 6.82. The quantitative estimate of drug-likeness (QED) is 0.670. The average Bonchev–Trinajstić information content (AvgIpc) is 2.06. The van der Waals surface area contributed by atoms with Gasteiger partial charge in [-0.25, -0.2) is 4.57 Å². The summed E-state index contributed by atoms with van der Waals surface area (Å²) in [6, 6.07) is 6.49. The molecule has 0 N–H and O–H groups in total. The third-order valence-corrected chi connectivity index (χ3v) is 2.21. The summed E-state index contributed by atoms with van der Waals surface area (Å²) >= 11 is 0. The smallest absolute Gasteiger partial charge is 0.181 e. The number of pyridine rings is 1. The van der Waals surface area contributed by atoms with Crippen LogP contribution in [0, 0.1) is 11.8 Å². The Hall–Kier alpha value is -0.370. The molecular formula is C13H22BrN. The zero-order valence-corrected chi connectivity index (χ0v) is 11.8. The van der Waals surface area contributed by atoms with Crippen molar-refractivity contribution in [3.63, 3.8) is 0 Å². The Morgan fingerprint density at radius 1 is 1.07 bits per heavy atom. The van der Waals surface area contributed by atoms with E-state index in [-0.39, 0.29) is 17.0 Å². The Bertz CT molecular complexity index is 253. The van der Waals surface area contributed by atoms with Gasteiger partial charge in [-0.1, -0.05) is 33.8 Å². The fourth-order valence-corrected chi connectivity index (χ4v) is 1.69. The molecule has 2 heteroatoms. The topological polar surface area (TPSA) is 3.88 Å². The van der Waals surface area contributed by atoms with Crippen molar-refractivity contribution in [2.24, 2.45) is 11.8 Å². The highest BCUT2D eigenvalue weighted by molar-refractivity contribution is 4.97. The second-order valence-electron chi connectivity index (χ2n) is 4.84. The first-order valence-corrected chi connectivity index (χ1v) is 5.57. The van der Waals surface area contributed by atoms with Gasteiger partial charge in [0.15, 0.2) is 18.4 Å². The lowest BCUT2D eigenvalue weighted by molar-refractivity contribution is -0.709. The molecule has 15 heavy (non-hydrogen) atoms. The fraction of sp³-hybridized carbons (Fsp3) is 0.615. The molecule has 0 bridgehead atoms. The molecule has 0 aromatic carbocycles. The molecule has 0 saturated carbocycles. The summed E-state index contributed by atoms with van der Waals surface area (Å²) in [7, 11) is 0. The van der Waals surface area contributed by atoms with E-state index in [1.165, 1.54) is 12.1 Å². The molecule has 1 rings (SSSR count). The van der Waals surface area contributed by atoms with Crippen molar-refractivity contribution in [1.29, 1.82) is 0 Å². The SMILES string of the molecule is CC(C)Cc1cccc[n+]1CC(C)C.[Br-]. The van der Waals surface area contributed by atoms with Crippen LogP contribution < -0.4 is 21.5 Å². The standard InChI is InChI=1S/C13H22N.BrH/c1-11(2)9-13-7-5-6-8-14(13)10-12(3)4;/h5-8,11-12H,9-10H2,1-4H3;1H/q+1;/p-1. The lowest BCUT2D eigenvalue weighted by atomic mass is 10.1. The van der Waals surface area contributed by atoms with E-state index in [2.05, 4.69) is 56.7 Å². The molecular weight excluding hydrogens is 250 g/mol. The minimum atomic E-state index is 0. The van der Waals surface area contributed by atoms with E-state index in [0.717, 1.165) is 12.5 Å². The summed E-state index contributed by atoms with van der Waals surface area (Å²) in [4.78, 5) is 0. The summed E-state index contributed by atoms with van der Waals surface area (Å²) in [6.07, 6.45) is 3.37. The van der Waals surface area contributed by atoms with Gasteiger partial charge >= 0.3 is 0 Å². The van der Waals surface area contributed by atoms with Gasteiger partial charge in [-0.3, -0.25) is 0 Å². The van der Waals surface area contributed by atoms with Gasteiger partial charge in [-0.2, -0.15) is 0 Å². The van der Waals surface area contributed by atoms with Crippen LogP contribution in [0.2, 0.25) is 0 Å². The van der Waals surface area contributed by atoms with Gasteiger partial charge in [0.05, 0.1) is 0 Å². The number of rotatable bonds is 4. The number of hydrogen-bond acceptors (Lipinski definition) is 0. The maximum Gasteiger partial charge on any atom is 0.181 e. The van der Waals surface area contributed by atoms with Crippen LogP contribution in [0.25, 0.3) is 0 Å². The fourth-order valence-electron chi connectivity index (χ4n) is 1.69. The lowest BCUT2D eigenvalue weighted by Crippen LogP contribution is -3.00. The maximum absolute atomic E-state index is 2.38. The van der Waals surface area contributed by atoms with Gasteiger partial charge in [0.2, 0.25) is 0 Å². The second kappa shape index (κ2) is 7.00. The van der Waals surface area contributed by atoms with Crippen LogP contribution in [0.5, 0.6) is 0 Å². The van der Waals surface area contributed by atoms with Crippen molar-refractivity contribution >= 4 is 0 Å². The molecule has 0 aliphatic carbocycles. The molecule has 0 amide bonds. The van der Waals surface area contributed by atoms with Crippen LogP contribution in [-0.4, -0.2) is 0 Å². The van der Waals surface area contributed by atoms with Gasteiger partial charge in [-0.15, -0.1) is 0 Å². The number of aromatic nitrogens is 1. The maximum atomic E-state index is 2.38. The van der Waals surface area contributed by atoms with Crippen LogP contribution in [0.1, 0.15) is 33.4 Å². The Labute approximate surface area is 104 Å². The van der Waals surface area contributed by atoms with Crippen LogP contribution in [0.15, 0.2) is 24.4 Å². The van der Waals surface area contributed by atoms with Gasteiger partial charge in [0.25, 0.3) is 0 Å². The highest BCUT2D eigenvalue weighted by Crippen LogP contribution is 2.04. The molecule has 0 fully saturated rings. The minimum Gasteiger partial charge on any atom is -1.00 e. The molecule has 0 radical (unpaired) electrons. The van der Waals surface area contributed by atoms with Crippen LogP contribution in [-0.2, 0) is 13.0 Å². The van der Waals surface area contributed by atoms with Crippen LogP contribution in [0.3, 0.4) is 0 Å². The number of hydrogen-bond donors (Lipinski definition) is 0. The molecule has 0 atom stereocenters. The summed E-state index contributed by atoms with van der Waals surface area (Å²) in [6.45, 7) is 10.2. The summed E-state index contributed by atoms with van der Waals surface area (Å²) in [5.74, 6) is 1.45. The van der Waals surface area contributed by atoms with Crippen LogP contribution >= 0.6 is 0 Å². The highest BCUT2D eigenvalue weighted by Gasteiger charge is 2.12. The zero-order valence-electron chi connectivity index (χ0n) is 10.2. The highest BCUT2D eigenvalue weighted by atomic mass is 79.9. The van der Waals surface area contributed by atoms with Gasteiger partial charge < -0.3 is 17.0 Å². The van der Waals surface area contributed by atoms with E-state index in [9.17, 15) is 0 Å². The molecule has 1 aromatic heterocycles. The molecule has 0 unspecified atom stereocenters. The van der Waals surface area contributed by atoms with Crippen molar-refractivity contribution in [2.75, 3.05) is 0 Å². The first kappa shape index (κ1) is 14.6. The summed E-state index contributed by atoms with van der Waals surface area (Å²) in [5.41, 5.74) is 1.45. The molecule has 0 aliphatic rings. The molecule has 1 aromatic rings. The van der Waals surface area contributed by atoms with Crippen molar-refractivity contribution < 1.29 is 21.5 Å². The summed E-state index contributed by atoms with van der Waals surface area (Å²) < 4.78 is 2.38. The predicted molar refractivity (Wildman–Crippen MR) is 60.0 cm³/mol. The van der Waals surface area contributed by atoms with E-state index in [0.29, 0.717) is 5.92 Å². The summed E-state index contributed by atoms with van der Waals surface area (Å²) in [5, 5.41) is 0. The molecule has 0 aliphatic heterocycles. The molecule has 1 nitrogen and oxygen atoms in total. The van der Waals surface area contributed by atoms with Crippen molar-refractivity contribution in [3.05, 3.63) is 30.1 Å². The minimum absolute atomic E-state index is 0. The first-order chi connectivity index (χ1) is 6.59. The zero-order chi connectivity index (χ0) is 10.6. The second-order valence-corrected chi connectivity index (χ2v) is 4.84. The van der Waals surface area contributed by atoms with Crippen molar-refractivity contribution in [2.45, 2.75) is 40.7 Å². The third-order valence-electron chi connectivity index (χ3n) is 2.21. The monoisotopic (exact) mass is 271 g/mol.